The van der Waals surface area contributed by atoms with Gasteiger partial charge in [0.05, 0.1) is 6.61 Å². The predicted molar refractivity (Wildman–Crippen MR) is 125 cm³/mol. The quantitative estimate of drug-likeness (QED) is 0.447. The molecule has 2 aromatic rings. The van der Waals surface area contributed by atoms with E-state index in [9.17, 15) is 9.59 Å². The van der Waals surface area contributed by atoms with E-state index >= 15 is 0 Å². The summed E-state index contributed by atoms with van der Waals surface area (Å²) in [5.41, 5.74) is 0.462. The molecule has 0 spiro atoms. The van der Waals surface area contributed by atoms with Gasteiger partial charge in [-0.1, -0.05) is 70.2 Å². The molecule has 0 bridgehead atoms. The van der Waals surface area contributed by atoms with Crippen LogP contribution in [-0.2, 0) is 14.3 Å². The fourth-order valence-corrected chi connectivity index (χ4v) is 4.45. The standard InChI is InChI=1S/C25H31NO3S/c1-5-16-29-24(30)21-20(19-13-9-11-17-10-7-8-12-18(17)19)14-15-26(21)23(28)22(27)25(3,4)6-2/h7-13,20-21H,5-6,14-16H2,1-4H3/t20?,21-/m0/s1. The largest absolute Gasteiger partial charge is 0.485 e. The van der Waals surface area contributed by atoms with Crippen molar-refractivity contribution in [1.29, 1.82) is 0 Å². The van der Waals surface area contributed by atoms with E-state index in [1.165, 1.54) is 0 Å². The highest BCUT2D eigenvalue weighted by Gasteiger charge is 2.45. The van der Waals surface area contributed by atoms with Gasteiger partial charge in [-0.25, -0.2) is 0 Å². The van der Waals surface area contributed by atoms with Gasteiger partial charge in [-0.15, -0.1) is 0 Å². The maximum absolute atomic E-state index is 13.2. The number of carbonyl (C=O) groups excluding carboxylic acids is 2. The summed E-state index contributed by atoms with van der Waals surface area (Å²) in [5.74, 6) is -0.800. The Morgan fingerprint density at radius 1 is 1.13 bits per heavy atom. The first-order valence-electron chi connectivity index (χ1n) is 10.8. The molecule has 2 atom stereocenters. The molecule has 5 heteroatoms. The molecule has 2 aromatic carbocycles. The van der Waals surface area contributed by atoms with E-state index in [4.69, 9.17) is 17.0 Å². The van der Waals surface area contributed by atoms with E-state index < -0.39 is 17.4 Å². The highest BCUT2D eigenvalue weighted by atomic mass is 32.1. The van der Waals surface area contributed by atoms with Crippen molar-refractivity contribution >= 4 is 39.7 Å². The second kappa shape index (κ2) is 9.25. The number of benzene rings is 2. The molecular weight excluding hydrogens is 394 g/mol. The predicted octanol–water partition coefficient (Wildman–Crippen LogP) is 5.28. The average Bonchev–Trinajstić information content (AvgIpc) is 3.20. The fraction of sp³-hybridized carbons (Fsp3) is 0.480. The van der Waals surface area contributed by atoms with Crippen LogP contribution < -0.4 is 0 Å². The number of ether oxygens (including phenoxy) is 1. The highest BCUT2D eigenvalue weighted by molar-refractivity contribution is 7.80. The second-order valence-corrected chi connectivity index (χ2v) is 9.04. The van der Waals surface area contributed by atoms with Crippen LogP contribution in [-0.4, -0.2) is 40.8 Å². The zero-order chi connectivity index (χ0) is 21.9. The van der Waals surface area contributed by atoms with Gasteiger partial charge in [0.25, 0.3) is 5.91 Å². The van der Waals surface area contributed by atoms with Gasteiger partial charge in [-0.3, -0.25) is 9.59 Å². The van der Waals surface area contributed by atoms with Crippen LogP contribution in [0.4, 0.5) is 0 Å². The van der Waals surface area contributed by atoms with Gasteiger partial charge >= 0.3 is 0 Å². The SMILES string of the molecule is CCCOC(=S)[C@@H]1C(c2cccc3ccccc23)CCN1C(=O)C(=O)C(C)(C)CC. The molecule has 1 amide bonds. The number of likely N-dealkylation sites (tertiary alicyclic amines) is 1. The lowest BCUT2D eigenvalue weighted by molar-refractivity contribution is -0.149. The molecule has 160 valence electrons. The first kappa shape index (κ1) is 22.4. The fourth-order valence-electron chi connectivity index (χ4n) is 4.08. The van der Waals surface area contributed by atoms with Crippen LogP contribution in [0.3, 0.4) is 0 Å². The van der Waals surface area contributed by atoms with Crippen molar-refractivity contribution < 1.29 is 14.3 Å². The zero-order valence-corrected chi connectivity index (χ0v) is 19.1. The number of Topliss-reactive ketones (excluding diaryl/α,β-unsaturated/α-hetero) is 1. The molecule has 30 heavy (non-hydrogen) atoms. The normalized spacial score (nSPS) is 19.1. The highest BCUT2D eigenvalue weighted by Crippen LogP contribution is 2.39. The topological polar surface area (TPSA) is 46.6 Å². The number of hydrogen-bond acceptors (Lipinski definition) is 4. The van der Waals surface area contributed by atoms with Crippen LogP contribution in [0.2, 0.25) is 0 Å². The summed E-state index contributed by atoms with van der Waals surface area (Å²) in [4.78, 5) is 27.8. The van der Waals surface area contributed by atoms with Crippen LogP contribution in [0.15, 0.2) is 42.5 Å². The minimum atomic E-state index is -0.689. The molecule has 1 heterocycles. The average molecular weight is 426 g/mol. The van der Waals surface area contributed by atoms with Crippen molar-refractivity contribution in [3.05, 3.63) is 48.0 Å². The Balaban J connectivity index is 2.00. The Bertz CT molecular complexity index is 947. The first-order valence-corrected chi connectivity index (χ1v) is 11.2. The number of thiocarbonyl (C=S) groups is 1. The van der Waals surface area contributed by atoms with Crippen molar-refractivity contribution in [3.8, 4) is 0 Å². The summed E-state index contributed by atoms with van der Waals surface area (Å²) in [7, 11) is 0. The molecule has 1 saturated heterocycles. The molecule has 0 saturated carbocycles. The maximum Gasteiger partial charge on any atom is 0.291 e. The molecule has 4 nitrogen and oxygen atoms in total. The van der Waals surface area contributed by atoms with Crippen LogP contribution in [0.1, 0.15) is 58.4 Å². The summed E-state index contributed by atoms with van der Waals surface area (Å²) in [6, 6.07) is 14.1. The van der Waals surface area contributed by atoms with E-state index in [0.717, 1.165) is 29.2 Å². The monoisotopic (exact) mass is 425 g/mol. The Hall–Kier alpha value is -2.27. The number of nitrogens with zero attached hydrogens (tertiary/aromatic N) is 1. The van der Waals surface area contributed by atoms with Gasteiger partial charge in [-0.2, -0.15) is 0 Å². The van der Waals surface area contributed by atoms with Crippen molar-refractivity contribution in [2.45, 2.75) is 58.9 Å². The van der Waals surface area contributed by atoms with Crippen molar-refractivity contribution in [2.24, 2.45) is 5.41 Å². The van der Waals surface area contributed by atoms with E-state index in [0.29, 0.717) is 24.6 Å². The molecule has 1 unspecified atom stereocenters. The van der Waals surface area contributed by atoms with Crippen molar-refractivity contribution in [2.75, 3.05) is 13.2 Å². The third-order valence-electron chi connectivity index (χ3n) is 6.26. The maximum atomic E-state index is 13.2. The number of rotatable bonds is 7. The number of ketones is 1. The second-order valence-electron chi connectivity index (χ2n) is 8.64. The van der Waals surface area contributed by atoms with Gasteiger partial charge in [0.2, 0.25) is 5.78 Å². The lowest BCUT2D eigenvalue weighted by atomic mass is 9.84. The Morgan fingerprint density at radius 3 is 2.53 bits per heavy atom. The lowest BCUT2D eigenvalue weighted by Crippen LogP contribution is -2.48. The van der Waals surface area contributed by atoms with Crippen LogP contribution >= 0.6 is 12.2 Å². The summed E-state index contributed by atoms with van der Waals surface area (Å²) in [6.07, 6.45) is 2.20. The van der Waals surface area contributed by atoms with Gasteiger partial charge in [-0.05, 0) is 47.8 Å². The van der Waals surface area contributed by atoms with Crippen LogP contribution in [0.25, 0.3) is 10.8 Å². The van der Waals surface area contributed by atoms with E-state index in [1.54, 1.807) is 4.90 Å². The first-order chi connectivity index (χ1) is 14.3. The van der Waals surface area contributed by atoms with Crippen LogP contribution in [0, 0.1) is 5.41 Å². The zero-order valence-electron chi connectivity index (χ0n) is 18.3. The Morgan fingerprint density at radius 2 is 1.83 bits per heavy atom. The van der Waals surface area contributed by atoms with E-state index in [2.05, 4.69) is 24.3 Å². The number of fused-ring (bicyclic) bond motifs is 1. The molecule has 0 aromatic heterocycles. The Kier molecular flexibility index (Phi) is 6.91. The van der Waals surface area contributed by atoms with Crippen molar-refractivity contribution in [1.82, 2.24) is 4.90 Å². The summed E-state index contributed by atoms with van der Waals surface area (Å²) in [5, 5.41) is 2.72. The molecule has 1 fully saturated rings. The lowest BCUT2D eigenvalue weighted by Gasteiger charge is -2.31. The minimum absolute atomic E-state index is 0.00180. The number of hydrogen-bond donors (Lipinski definition) is 0. The van der Waals surface area contributed by atoms with Gasteiger partial charge < -0.3 is 9.64 Å². The molecule has 0 aliphatic carbocycles. The summed E-state index contributed by atoms with van der Waals surface area (Å²) >= 11 is 5.66. The van der Waals surface area contributed by atoms with Gasteiger partial charge in [0.15, 0.2) is 5.05 Å². The molecule has 0 radical (unpaired) electrons. The van der Waals surface area contributed by atoms with E-state index in [-0.39, 0.29) is 11.7 Å². The molecular formula is C25H31NO3S. The van der Waals surface area contributed by atoms with Crippen molar-refractivity contribution in [3.63, 3.8) is 0 Å². The molecule has 1 aliphatic rings. The minimum Gasteiger partial charge on any atom is -0.485 e. The Labute approximate surface area is 184 Å². The van der Waals surface area contributed by atoms with Gasteiger partial charge in [0, 0.05) is 17.9 Å². The number of carbonyl (C=O) groups is 2. The van der Waals surface area contributed by atoms with Crippen LogP contribution in [0.5, 0.6) is 0 Å². The smallest absolute Gasteiger partial charge is 0.291 e. The third-order valence-corrected chi connectivity index (χ3v) is 6.62. The molecule has 3 rings (SSSR count). The number of amides is 1. The summed E-state index contributed by atoms with van der Waals surface area (Å²) < 4.78 is 5.84. The third kappa shape index (κ3) is 4.27. The summed E-state index contributed by atoms with van der Waals surface area (Å²) in [6.45, 7) is 8.61. The van der Waals surface area contributed by atoms with Gasteiger partial charge in [0.1, 0.15) is 6.04 Å². The molecule has 0 N–H and O–H groups in total. The molecule has 1 aliphatic heterocycles. The van der Waals surface area contributed by atoms with E-state index in [1.807, 2.05) is 45.9 Å².